The zero-order valence-electron chi connectivity index (χ0n) is 12.8. The standard InChI is InChI=1S/C15H19N5O2/c1-10-3-4-13(18-17-10)20-7-5-12-15(9-20,6-8-21-12)14-16-11(2)19-22-14/h3-4,12H,5-9H2,1-2H3/t12-,15-/m1/s1. The minimum Gasteiger partial charge on any atom is -0.377 e. The van der Waals surface area contributed by atoms with Gasteiger partial charge in [0, 0.05) is 19.7 Å². The van der Waals surface area contributed by atoms with Crippen LogP contribution in [-0.2, 0) is 10.2 Å². The van der Waals surface area contributed by atoms with Crippen molar-refractivity contribution in [2.45, 2.75) is 38.2 Å². The summed E-state index contributed by atoms with van der Waals surface area (Å²) in [6.07, 6.45) is 1.97. The van der Waals surface area contributed by atoms with Crippen molar-refractivity contribution < 1.29 is 9.26 Å². The van der Waals surface area contributed by atoms with Crippen LogP contribution in [0.4, 0.5) is 5.82 Å². The number of anilines is 1. The molecule has 2 aromatic rings. The van der Waals surface area contributed by atoms with E-state index >= 15 is 0 Å². The Hall–Kier alpha value is -2.02. The first kappa shape index (κ1) is 13.6. The first-order valence-corrected chi connectivity index (χ1v) is 7.65. The molecule has 0 spiro atoms. The normalized spacial score (nSPS) is 27.9. The fraction of sp³-hybridized carbons (Fsp3) is 0.600. The van der Waals surface area contributed by atoms with Gasteiger partial charge in [0.05, 0.1) is 17.2 Å². The molecule has 0 radical (unpaired) electrons. The monoisotopic (exact) mass is 301 g/mol. The van der Waals surface area contributed by atoms with Gasteiger partial charge in [-0.3, -0.25) is 0 Å². The fourth-order valence-corrected chi connectivity index (χ4v) is 3.50. The molecule has 2 aromatic heterocycles. The second-order valence-electron chi connectivity index (χ2n) is 6.16. The molecular weight excluding hydrogens is 282 g/mol. The first-order valence-electron chi connectivity index (χ1n) is 7.65. The van der Waals surface area contributed by atoms with Crippen molar-refractivity contribution in [2.75, 3.05) is 24.6 Å². The Labute approximate surface area is 128 Å². The molecule has 0 bridgehead atoms. The number of hydrogen-bond donors (Lipinski definition) is 0. The lowest BCUT2D eigenvalue weighted by molar-refractivity contribution is 0.0527. The molecule has 7 nitrogen and oxygen atoms in total. The van der Waals surface area contributed by atoms with Crippen LogP contribution >= 0.6 is 0 Å². The van der Waals surface area contributed by atoms with Gasteiger partial charge in [0.25, 0.3) is 0 Å². The topological polar surface area (TPSA) is 77.2 Å². The molecule has 0 amide bonds. The maximum Gasteiger partial charge on any atom is 0.237 e. The Morgan fingerprint density at radius 3 is 2.91 bits per heavy atom. The van der Waals surface area contributed by atoms with E-state index in [4.69, 9.17) is 9.26 Å². The third-order valence-corrected chi connectivity index (χ3v) is 4.68. The maximum absolute atomic E-state index is 5.94. The van der Waals surface area contributed by atoms with Crippen molar-refractivity contribution in [1.82, 2.24) is 20.3 Å². The minimum absolute atomic E-state index is 0.141. The van der Waals surface area contributed by atoms with E-state index in [0.717, 1.165) is 44.0 Å². The summed E-state index contributed by atoms with van der Waals surface area (Å²) in [5.41, 5.74) is 0.691. The largest absolute Gasteiger partial charge is 0.377 e. The summed E-state index contributed by atoms with van der Waals surface area (Å²) in [7, 11) is 0. The smallest absolute Gasteiger partial charge is 0.237 e. The average Bonchev–Trinajstić information content (AvgIpc) is 3.14. The lowest BCUT2D eigenvalue weighted by Gasteiger charge is -2.41. The van der Waals surface area contributed by atoms with E-state index in [-0.39, 0.29) is 11.5 Å². The summed E-state index contributed by atoms with van der Waals surface area (Å²) in [5.74, 6) is 2.26. The van der Waals surface area contributed by atoms with Gasteiger partial charge in [0.1, 0.15) is 0 Å². The summed E-state index contributed by atoms with van der Waals surface area (Å²) in [5, 5.41) is 12.4. The van der Waals surface area contributed by atoms with E-state index in [1.807, 2.05) is 26.0 Å². The zero-order chi connectivity index (χ0) is 15.2. The number of rotatable bonds is 2. The second kappa shape index (κ2) is 5.01. The van der Waals surface area contributed by atoms with Crippen LogP contribution in [0.3, 0.4) is 0 Å². The van der Waals surface area contributed by atoms with Crippen LogP contribution in [0.2, 0.25) is 0 Å². The molecule has 2 aliphatic heterocycles. The summed E-state index contributed by atoms with van der Waals surface area (Å²) >= 11 is 0. The first-order chi connectivity index (χ1) is 10.7. The number of nitrogens with zero attached hydrogens (tertiary/aromatic N) is 5. The van der Waals surface area contributed by atoms with Crippen molar-refractivity contribution in [1.29, 1.82) is 0 Å². The Bertz CT molecular complexity index is 671. The van der Waals surface area contributed by atoms with Crippen molar-refractivity contribution in [2.24, 2.45) is 0 Å². The van der Waals surface area contributed by atoms with Gasteiger partial charge in [-0.1, -0.05) is 5.16 Å². The summed E-state index contributed by atoms with van der Waals surface area (Å²) in [4.78, 5) is 6.74. The molecule has 2 fully saturated rings. The van der Waals surface area contributed by atoms with Crippen LogP contribution < -0.4 is 4.90 Å². The predicted octanol–water partition coefficient (Wildman–Crippen LogP) is 1.41. The molecule has 0 N–H and O–H groups in total. The van der Waals surface area contributed by atoms with Crippen molar-refractivity contribution in [3.63, 3.8) is 0 Å². The molecule has 0 unspecified atom stereocenters. The molecule has 2 aliphatic rings. The van der Waals surface area contributed by atoms with E-state index in [1.165, 1.54) is 0 Å². The second-order valence-corrected chi connectivity index (χ2v) is 6.16. The lowest BCUT2D eigenvalue weighted by Crippen LogP contribution is -2.53. The lowest BCUT2D eigenvalue weighted by atomic mass is 9.76. The van der Waals surface area contributed by atoms with Gasteiger partial charge >= 0.3 is 0 Å². The van der Waals surface area contributed by atoms with Crippen molar-refractivity contribution in [3.8, 4) is 0 Å². The summed E-state index contributed by atoms with van der Waals surface area (Å²) in [6, 6.07) is 4.01. The Morgan fingerprint density at radius 2 is 2.18 bits per heavy atom. The number of aryl methyl sites for hydroxylation is 2. The van der Waals surface area contributed by atoms with Crippen molar-refractivity contribution >= 4 is 5.82 Å². The Balaban J connectivity index is 1.68. The van der Waals surface area contributed by atoms with Gasteiger partial charge < -0.3 is 14.2 Å². The van der Waals surface area contributed by atoms with Gasteiger partial charge in [0.15, 0.2) is 11.6 Å². The van der Waals surface area contributed by atoms with Gasteiger partial charge in [-0.2, -0.15) is 10.1 Å². The molecule has 0 saturated carbocycles. The Morgan fingerprint density at radius 1 is 1.27 bits per heavy atom. The third-order valence-electron chi connectivity index (χ3n) is 4.68. The molecule has 4 heterocycles. The van der Waals surface area contributed by atoms with E-state index in [0.29, 0.717) is 11.7 Å². The van der Waals surface area contributed by atoms with Crippen LogP contribution in [0.5, 0.6) is 0 Å². The van der Waals surface area contributed by atoms with Crippen LogP contribution in [0.25, 0.3) is 0 Å². The Kier molecular flexibility index (Phi) is 3.11. The fourth-order valence-electron chi connectivity index (χ4n) is 3.50. The van der Waals surface area contributed by atoms with Gasteiger partial charge in [-0.05, 0) is 38.8 Å². The predicted molar refractivity (Wildman–Crippen MR) is 78.7 cm³/mol. The van der Waals surface area contributed by atoms with Crippen LogP contribution in [0.1, 0.15) is 30.3 Å². The SMILES string of the molecule is Cc1ccc(N2CC[C@H]3OCC[C@@]3(c3nc(C)no3)C2)nn1. The van der Waals surface area contributed by atoms with Crippen molar-refractivity contribution in [3.05, 3.63) is 29.5 Å². The van der Waals surface area contributed by atoms with Gasteiger partial charge in [0.2, 0.25) is 5.89 Å². The van der Waals surface area contributed by atoms with E-state index < -0.39 is 0 Å². The minimum atomic E-state index is -0.230. The van der Waals surface area contributed by atoms with E-state index in [2.05, 4.69) is 25.2 Å². The molecule has 116 valence electrons. The molecule has 0 aliphatic carbocycles. The highest BCUT2D eigenvalue weighted by atomic mass is 16.5. The number of fused-ring (bicyclic) bond motifs is 1. The van der Waals surface area contributed by atoms with Gasteiger partial charge in [-0.25, -0.2) is 0 Å². The highest BCUT2D eigenvalue weighted by molar-refractivity contribution is 5.40. The number of aromatic nitrogens is 4. The zero-order valence-corrected chi connectivity index (χ0v) is 12.8. The van der Waals surface area contributed by atoms with E-state index in [1.54, 1.807) is 0 Å². The molecule has 0 aromatic carbocycles. The molecule has 2 atom stereocenters. The molecular formula is C15H19N5O2. The quantitative estimate of drug-likeness (QED) is 0.830. The molecule has 2 saturated heterocycles. The van der Waals surface area contributed by atoms with E-state index in [9.17, 15) is 0 Å². The van der Waals surface area contributed by atoms with Gasteiger partial charge in [-0.15, -0.1) is 5.10 Å². The number of hydrogen-bond acceptors (Lipinski definition) is 7. The maximum atomic E-state index is 5.94. The number of piperidine rings is 1. The highest BCUT2D eigenvalue weighted by Gasteiger charge is 2.53. The van der Waals surface area contributed by atoms with Crippen LogP contribution in [0.15, 0.2) is 16.7 Å². The van der Waals surface area contributed by atoms with Crippen LogP contribution in [0, 0.1) is 13.8 Å². The number of ether oxygens (including phenoxy) is 1. The molecule has 22 heavy (non-hydrogen) atoms. The summed E-state index contributed by atoms with van der Waals surface area (Å²) in [6.45, 7) is 6.20. The molecule has 4 rings (SSSR count). The summed E-state index contributed by atoms with van der Waals surface area (Å²) < 4.78 is 11.4. The highest BCUT2D eigenvalue weighted by Crippen LogP contribution is 2.43. The third kappa shape index (κ3) is 2.08. The molecule has 7 heteroatoms. The average molecular weight is 301 g/mol. The van der Waals surface area contributed by atoms with Crippen LogP contribution in [-0.4, -0.2) is 46.1 Å².